The van der Waals surface area contributed by atoms with Crippen molar-refractivity contribution in [3.63, 3.8) is 0 Å². The van der Waals surface area contributed by atoms with Crippen LogP contribution in [0.25, 0.3) is 0 Å². The minimum Gasteiger partial charge on any atom is -0.323 e. The van der Waals surface area contributed by atoms with Crippen LogP contribution in [0.4, 0.5) is 23.7 Å². The third kappa shape index (κ3) is 3.88. The number of hydrogen-bond donors (Lipinski definition) is 1. The van der Waals surface area contributed by atoms with Crippen LogP contribution in [0, 0.1) is 17.2 Å². The zero-order chi connectivity index (χ0) is 15.5. The third-order valence-corrected chi connectivity index (χ3v) is 3.33. The molecule has 1 N–H and O–H groups in total. The van der Waals surface area contributed by atoms with Crippen LogP contribution in [0.1, 0.15) is 18.4 Å². The van der Waals surface area contributed by atoms with E-state index in [-0.39, 0.29) is 11.6 Å². The molecule has 0 saturated carbocycles. The molecule has 4 nitrogen and oxygen atoms in total. The average molecular weight is 297 g/mol. The fraction of sp³-hybridized carbons (Fsp3) is 0.429. The molecule has 1 saturated heterocycles. The molecule has 1 aliphatic heterocycles. The summed E-state index contributed by atoms with van der Waals surface area (Å²) < 4.78 is 37.8. The number of amides is 2. The molecule has 7 heteroatoms. The largest absolute Gasteiger partial charge is 0.416 e. The first-order valence-electron chi connectivity index (χ1n) is 6.53. The fourth-order valence-corrected chi connectivity index (χ4v) is 2.24. The number of benzene rings is 1. The molecule has 0 spiro atoms. The van der Waals surface area contributed by atoms with Gasteiger partial charge in [0.05, 0.1) is 17.6 Å². The SMILES string of the molecule is N#CC1CCCN(C(=O)Nc2cccc(C(F)(F)F)c2)C1. The predicted molar refractivity (Wildman–Crippen MR) is 70.4 cm³/mol. The highest BCUT2D eigenvalue weighted by atomic mass is 19.4. The molecule has 1 aromatic carbocycles. The summed E-state index contributed by atoms with van der Waals surface area (Å²) in [5, 5.41) is 11.3. The molecule has 1 fully saturated rings. The number of urea groups is 1. The number of halogens is 3. The smallest absolute Gasteiger partial charge is 0.323 e. The van der Waals surface area contributed by atoms with E-state index in [4.69, 9.17) is 5.26 Å². The number of nitrogens with one attached hydrogen (secondary N) is 1. The molecule has 1 aliphatic rings. The first-order valence-corrected chi connectivity index (χ1v) is 6.53. The Bertz CT molecular complexity index is 565. The van der Waals surface area contributed by atoms with Gasteiger partial charge in [-0.05, 0) is 31.0 Å². The van der Waals surface area contributed by atoms with Gasteiger partial charge in [0, 0.05) is 18.8 Å². The molecular formula is C14H14F3N3O. The first kappa shape index (κ1) is 15.2. The van der Waals surface area contributed by atoms with Crippen molar-refractivity contribution in [1.29, 1.82) is 5.26 Å². The van der Waals surface area contributed by atoms with E-state index in [1.807, 2.05) is 0 Å². The highest BCUT2D eigenvalue weighted by Gasteiger charge is 2.30. The maximum Gasteiger partial charge on any atom is 0.416 e. The quantitative estimate of drug-likeness (QED) is 0.863. The molecule has 0 aliphatic carbocycles. The lowest BCUT2D eigenvalue weighted by atomic mass is 10.0. The van der Waals surface area contributed by atoms with Crippen LogP contribution < -0.4 is 5.32 Å². The molecule has 1 unspecified atom stereocenters. The second-order valence-corrected chi connectivity index (χ2v) is 4.92. The van der Waals surface area contributed by atoms with Crippen LogP contribution in [0.5, 0.6) is 0 Å². The summed E-state index contributed by atoms with van der Waals surface area (Å²) in [5.74, 6) is -0.217. The summed E-state index contributed by atoms with van der Waals surface area (Å²) in [4.78, 5) is 13.5. The Kier molecular flexibility index (Phi) is 4.36. The van der Waals surface area contributed by atoms with Crippen molar-refractivity contribution in [1.82, 2.24) is 4.90 Å². The molecular weight excluding hydrogens is 283 g/mol. The Hall–Kier alpha value is -2.23. The molecule has 0 bridgehead atoms. The van der Waals surface area contributed by atoms with Gasteiger partial charge in [0.2, 0.25) is 0 Å². The highest BCUT2D eigenvalue weighted by Crippen LogP contribution is 2.30. The number of hydrogen-bond acceptors (Lipinski definition) is 2. The lowest BCUT2D eigenvalue weighted by Crippen LogP contribution is -2.42. The van der Waals surface area contributed by atoms with E-state index in [9.17, 15) is 18.0 Å². The van der Waals surface area contributed by atoms with E-state index < -0.39 is 17.8 Å². The van der Waals surface area contributed by atoms with E-state index in [0.29, 0.717) is 19.5 Å². The second-order valence-electron chi connectivity index (χ2n) is 4.92. The summed E-state index contributed by atoms with van der Waals surface area (Å²) in [6.45, 7) is 0.810. The van der Waals surface area contributed by atoms with Crippen LogP contribution in [-0.4, -0.2) is 24.0 Å². The summed E-state index contributed by atoms with van der Waals surface area (Å²) in [7, 11) is 0. The van der Waals surface area contributed by atoms with Gasteiger partial charge in [-0.1, -0.05) is 6.07 Å². The molecule has 0 aromatic heterocycles. The van der Waals surface area contributed by atoms with Crippen molar-refractivity contribution in [2.75, 3.05) is 18.4 Å². The number of piperidine rings is 1. The van der Waals surface area contributed by atoms with Gasteiger partial charge >= 0.3 is 12.2 Å². The number of carbonyl (C=O) groups excluding carboxylic acids is 1. The van der Waals surface area contributed by atoms with Gasteiger partial charge in [-0.3, -0.25) is 0 Å². The number of alkyl halides is 3. The van der Waals surface area contributed by atoms with E-state index in [1.54, 1.807) is 0 Å². The minimum atomic E-state index is -4.45. The fourth-order valence-electron chi connectivity index (χ4n) is 2.24. The monoisotopic (exact) mass is 297 g/mol. The Morgan fingerprint density at radius 3 is 2.86 bits per heavy atom. The molecule has 2 rings (SSSR count). The van der Waals surface area contributed by atoms with Crippen molar-refractivity contribution in [2.45, 2.75) is 19.0 Å². The molecule has 0 radical (unpaired) electrons. The van der Waals surface area contributed by atoms with E-state index in [0.717, 1.165) is 18.6 Å². The summed E-state index contributed by atoms with van der Waals surface area (Å²) in [6, 6.07) is 6.12. The van der Waals surface area contributed by atoms with Gasteiger partial charge in [0.25, 0.3) is 0 Å². The Morgan fingerprint density at radius 2 is 2.19 bits per heavy atom. The van der Waals surface area contributed by atoms with Gasteiger partial charge in [-0.25, -0.2) is 4.79 Å². The van der Waals surface area contributed by atoms with Crippen LogP contribution in [0.3, 0.4) is 0 Å². The molecule has 112 valence electrons. The lowest BCUT2D eigenvalue weighted by molar-refractivity contribution is -0.137. The number of nitrogens with zero attached hydrogens (tertiary/aromatic N) is 2. The summed E-state index contributed by atoms with van der Waals surface area (Å²) in [5.41, 5.74) is -0.720. The minimum absolute atomic E-state index is 0.0916. The summed E-state index contributed by atoms with van der Waals surface area (Å²) >= 11 is 0. The average Bonchev–Trinajstić information content (AvgIpc) is 2.46. The number of likely N-dealkylation sites (tertiary alicyclic amines) is 1. The molecule has 1 aromatic rings. The Balaban J connectivity index is 2.04. The zero-order valence-corrected chi connectivity index (χ0v) is 11.2. The molecule has 21 heavy (non-hydrogen) atoms. The van der Waals surface area contributed by atoms with Crippen LogP contribution in [0.15, 0.2) is 24.3 Å². The van der Waals surface area contributed by atoms with Crippen molar-refractivity contribution >= 4 is 11.7 Å². The van der Waals surface area contributed by atoms with Crippen molar-refractivity contribution < 1.29 is 18.0 Å². The van der Waals surface area contributed by atoms with Crippen molar-refractivity contribution in [3.8, 4) is 6.07 Å². The zero-order valence-electron chi connectivity index (χ0n) is 11.2. The van der Waals surface area contributed by atoms with Crippen molar-refractivity contribution in [3.05, 3.63) is 29.8 Å². The van der Waals surface area contributed by atoms with Gasteiger partial charge in [0.15, 0.2) is 0 Å². The Labute approximate surface area is 120 Å². The summed E-state index contributed by atoms with van der Waals surface area (Å²) in [6.07, 6.45) is -2.99. The van der Waals surface area contributed by atoms with Crippen LogP contribution in [0.2, 0.25) is 0 Å². The molecule has 2 amide bonds. The van der Waals surface area contributed by atoms with E-state index in [2.05, 4.69) is 11.4 Å². The standard InChI is InChI=1S/C14H14F3N3O/c15-14(16,17)11-4-1-5-12(7-11)19-13(21)20-6-2-3-10(8-18)9-20/h1,4-5,7,10H,2-3,6,9H2,(H,19,21). The topological polar surface area (TPSA) is 56.1 Å². The molecule has 1 heterocycles. The van der Waals surface area contributed by atoms with Crippen LogP contribution >= 0.6 is 0 Å². The third-order valence-electron chi connectivity index (χ3n) is 3.33. The number of nitriles is 1. The molecule has 1 atom stereocenters. The normalized spacial score (nSPS) is 19.0. The lowest BCUT2D eigenvalue weighted by Gasteiger charge is -2.29. The van der Waals surface area contributed by atoms with Gasteiger partial charge in [0.1, 0.15) is 0 Å². The number of carbonyl (C=O) groups is 1. The van der Waals surface area contributed by atoms with Gasteiger partial charge < -0.3 is 10.2 Å². The van der Waals surface area contributed by atoms with E-state index >= 15 is 0 Å². The van der Waals surface area contributed by atoms with Gasteiger partial charge in [-0.2, -0.15) is 18.4 Å². The number of anilines is 1. The second kappa shape index (κ2) is 6.04. The van der Waals surface area contributed by atoms with Crippen molar-refractivity contribution in [2.24, 2.45) is 5.92 Å². The Morgan fingerprint density at radius 1 is 1.43 bits per heavy atom. The predicted octanol–water partition coefficient (Wildman–Crippen LogP) is 3.47. The maximum atomic E-state index is 12.6. The van der Waals surface area contributed by atoms with E-state index in [1.165, 1.54) is 17.0 Å². The maximum absolute atomic E-state index is 12.6. The number of rotatable bonds is 1. The van der Waals surface area contributed by atoms with Gasteiger partial charge in [-0.15, -0.1) is 0 Å². The highest BCUT2D eigenvalue weighted by molar-refractivity contribution is 5.89. The van der Waals surface area contributed by atoms with Crippen LogP contribution in [-0.2, 0) is 6.18 Å². The first-order chi connectivity index (χ1) is 9.90.